The molecule has 2 atom stereocenters. The number of hydrogen-bond acceptors (Lipinski definition) is 4. The van der Waals surface area contributed by atoms with E-state index in [1.54, 1.807) is 14.1 Å². The third-order valence-electron chi connectivity index (χ3n) is 4.58. The molecular formula is C20H32N4O2S. The number of rotatable bonds is 8. The van der Waals surface area contributed by atoms with Crippen molar-refractivity contribution < 1.29 is 9.53 Å². The molecule has 0 spiro atoms. The first-order valence-corrected chi connectivity index (χ1v) is 10.8. The van der Waals surface area contributed by atoms with Gasteiger partial charge in [-0.25, -0.2) is 4.99 Å². The van der Waals surface area contributed by atoms with E-state index in [-0.39, 0.29) is 12.5 Å². The summed E-state index contributed by atoms with van der Waals surface area (Å²) in [5, 5.41) is 7.65. The maximum absolute atomic E-state index is 11.7. The number of likely N-dealkylation sites (N-methyl/N-ethyl adjacent to an activating group) is 1. The Kier molecular flexibility index (Phi) is 8.78. The van der Waals surface area contributed by atoms with E-state index >= 15 is 0 Å². The molecule has 0 aromatic heterocycles. The van der Waals surface area contributed by atoms with Crippen LogP contribution in [-0.4, -0.2) is 61.6 Å². The highest BCUT2D eigenvalue weighted by atomic mass is 32.2. The van der Waals surface area contributed by atoms with E-state index in [4.69, 9.17) is 9.73 Å². The number of carbonyl (C=O) groups is 1. The lowest BCUT2D eigenvalue weighted by Gasteiger charge is -2.17. The first-order valence-electron chi connectivity index (χ1n) is 9.51. The van der Waals surface area contributed by atoms with Crippen LogP contribution in [0.3, 0.4) is 0 Å². The first kappa shape index (κ1) is 21.4. The van der Waals surface area contributed by atoms with E-state index < -0.39 is 0 Å². The van der Waals surface area contributed by atoms with Crippen molar-refractivity contribution in [1.82, 2.24) is 15.5 Å². The van der Waals surface area contributed by atoms with Gasteiger partial charge in [0.1, 0.15) is 5.75 Å². The number of aliphatic imine (C=N–C) groups is 1. The third kappa shape index (κ3) is 7.33. The number of hydrogen-bond donors (Lipinski definition) is 2. The van der Waals surface area contributed by atoms with Crippen LogP contribution in [0.5, 0.6) is 5.75 Å². The molecule has 7 heteroatoms. The van der Waals surface area contributed by atoms with Gasteiger partial charge in [-0.2, -0.15) is 11.8 Å². The highest BCUT2D eigenvalue weighted by Crippen LogP contribution is 2.28. The number of nitrogens with one attached hydrogen (secondary N) is 2. The fourth-order valence-corrected chi connectivity index (χ4v) is 3.77. The zero-order chi connectivity index (χ0) is 19.6. The molecule has 6 nitrogen and oxygen atoms in total. The van der Waals surface area contributed by atoms with Gasteiger partial charge in [-0.05, 0) is 50.1 Å². The zero-order valence-electron chi connectivity index (χ0n) is 16.8. The Bertz CT molecular complexity index is 636. The number of benzene rings is 1. The molecule has 0 radical (unpaired) electrons. The lowest BCUT2D eigenvalue weighted by atomic mass is 10.2. The quantitative estimate of drug-likeness (QED) is 0.526. The average Bonchev–Trinajstić information content (AvgIpc) is 3.12. The standard InChI is InChI=1S/C20H32N4O2S/c1-5-21-20(23-16-9-10-18(12-16)27-4)22-13-15-7-6-8-17(11-15)26-14-19(25)24(2)3/h6-8,11,16,18H,5,9-10,12-14H2,1-4H3,(H2,21,22,23). The molecule has 150 valence electrons. The summed E-state index contributed by atoms with van der Waals surface area (Å²) >= 11 is 1.96. The second-order valence-electron chi connectivity index (χ2n) is 6.93. The molecule has 1 aromatic rings. The van der Waals surface area contributed by atoms with Crippen LogP contribution < -0.4 is 15.4 Å². The lowest BCUT2D eigenvalue weighted by Crippen LogP contribution is -2.42. The van der Waals surface area contributed by atoms with Gasteiger partial charge < -0.3 is 20.3 Å². The molecule has 2 N–H and O–H groups in total. The van der Waals surface area contributed by atoms with Crippen LogP contribution in [0.2, 0.25) is 0 Å². The number of thioether (sulfide) groups is 1. The minimum Gasteiger partial charge on any atom is -0.484 e. The summed E-state index contributed by atoms with van der Waals surface area (Å²) in [4.78, 5) is 17.9. The zero-order valence-corrected chi connectivity index (χ0v) is 17.6. The molecule has 1 aliphatic rings. The first-order chi connectivity index (χ1) is 13.0. The fourth-order valence-electron chi connectivity index (χ4n) is 2.98. The number of carbonyl (C=O) groups excluding carboxylic acids is 1. The Morgan fingerprint density at radius 2 is 2.19 bits per heavy atom. The SMILES string of the molecule is CCNC(=NCc1cccc(OCC(=O)N(C)C)c1)NC1CCC(SC)C1. The molecule has 1 fully saturated rings. The van der Waals surface area contributed by atoms with Gasteiger partial charge in [0.2, 0.25) is 0 Å². The molecule has 1 aliphatic carbocycles. The van der Waals surface area contributed by atoms with Crippen molar-refractivity contribution in [3.8, 4) is 5.75 Å². The van der Waals surface area contributed by atoms with Crippen molar-refractivity contribution in [2.75, 3.05) is 33.5 Å². The van der Waals surface area contributed by atoms with Crippen LogP contribution in [0.15, 0.2) is 29.3 Å². The number of ether oxygens (including phenoxy) is 1. The summed E-state index contributed by atoms with van der Waals surface area (Å²) in [7, 11) is 3.44. The van der Waals surface area contributed by atoms with Gasteiger partial charge >= 0.3 is 0 Å². The second-order valence-corrected chi connectivity index (χ2v) is 8.07. The Balaban J connectivity index is 1.92. The van der Waals surface area contributed by atoms with E-state index in [0.29, 0.717) is 18.3 Å². The molecule has 0 bridgehead atoms. The monoisotopic (exact) mass is 392 g/mol. The Morgan fingerprint density at radius 1 is 1.37 bits per heavy atom. The van der Waals surface area contributed by atoms with Crippen molar-refractivity contribution in [2.24, 2.45) is 4.99 Å². The summed E-state index contributed by atoms with van der Waals surface area (Å²) in [6.45, 7) is 3.52. The number of nitrogens with zero attached hydrogens (tertiary/aromatic N) is 2. The number of guanidine groups is 1. The van der Waals surface area contributed by atoms with Gasteiger partial charge in [0.25, 0.3) is 5.91 Å². The van der Waals surface area contributed by atoms with Crippen molar-refractivity contribution >= 4 is 23.6 Å². The minimum atomic E-state index is -0.0582. The van der Waals surface area contributed by atoms with Crippen LogP contribution in [0, 0.1) is 0 Å². The molecule has 27 heavy (non-hydrogen) atoms. The molecule has 0 aliphatic heterocycles. The Hall–Kier alpha value is -1.89. The predicted octanol–water partition coefficient (Wildman–Crippen LogP) is 2.49. The van der Waals surface area contributed by atoms with E-state index in [0.717, 1.165) is 23.3 Å². The van der Waals surface area contributed by atoms with E-state index in [9.17, 15) is 4.79 Å². The molecular weight excluding hydrogens is 360 g/mol. The topological polar surface area (TPSA) is 66.0 Å². The summed E-state index contributed by atoms with van der Waals surface area (Å²) in [6.07, 6.45) is 5.84. The molecule has 0 heterocycles. The van der Waals surface area contributed by atoms with Crippen LogP contribution in [0.25, 0.3) is 0 Å². The number of amides is 1. The highest BCUT2D eigenvalue weighted by Gasteiger charge is 2.24. The molecule has 1 amide bonds. The van der Waals surface area contributed by atoms with Crippen molar-refractivity contribution in [1.29, 1.82) is 0 Å². The molecule has 0 saturated heterocycles. The van der Waals surface area contributed by atoms with Crippen molar-refractivity contribution in [2.45, 2.75) is 44.0 Å². The summed E-state index contributed by atoms with van der Waals surface area (Å²) in [5.74, 6) is 1.49. The average molecular weight is 393 g/mol. The van der Waals surface area contributed by atoms with E-state index in [2.05, 4.69) is 23.8 Å². The summed E-state index contributed by atoms with van der Waals surface area (Å²) in [6, 6.07) is 8.25. The minimum absolute atomic E-state index is 0.0439. The normalized spacial score (nSPS) is 19.6. The highest BCUT2D eigenvalue weighted by molar-refractivity contribution is 7.99. The van der Waals surface area contributed by atoms with Crippen LogP contribution >= 0.6 is 11.8 Å². The van der Waals surface area contributed by atoms with Crippen LogP contribution in [0.4, 0.5) is 0 Å². The third-order valence-corrected chi connectivity index (χ3v) is 5.68. The Labute approximate surface area is 167 Å². The fraction of sp³-hybridized carbons (Fsp3) is 0.600. The van der Waals surface area contributed by atoms with Crippen LogP contribution in [-0.2, 0) is 11.3 Å². The second kappa shape index (κ2) is 11.1. The molecule has 2 unspecified atom stereocenters. The molecule has 2 rings (SSSR count). The van der Waals surface area contributed by atoms with Gasteiger partial charge in [0.15, 0.2) is 12.6 Å². The van der Waals surface area contributed by atoms with Gasteiger partial charge in [-0.3, -0.25) is 4.79 Å². The van der Waals surface area contributed by atoms with E-state index in [1.165, 1.54) is 24.2 Å². The predicted molar refractivity (Wildman–Crippen MR) is 114 cm³/mol. The molecule has 1 saturated carbocycles. The van der Waals surface area contributed by atoms with Gasteiger partial charge in [-0.1, -0.05) is 12.1 Å². The maximum atomic E-state index is 11.7. The van der Waals surface area contributed by atoms with Gasteiger partial charge in [0, 0.05) is 31.9 Å². The molecule has 1 aromatic carbocycles. The lowest BCUT2D eigenvalue weighted by molar-refractivity contribution is -0.130. The van der Waals surface area contributed by atoms with Gasteiger partial charge in [-0.15, -0.1) is 0 Å². The largest absolute Gasteiger partial charge is 0.484 e. The summed E-state index contributed by atoms with van der Waals surface area (Å²) < 4.78 is 5.58. The van der Waals surface area contributed by atoms with Crippen molar-refractivity contribution in [3.63, 3.8) is 0 Å². The summed E-state index contributed by atoms with van der Waals surface area (Å²) in [5.41, 5.74) is 1.05. The van der Waals surface area contributed by atoms with Crippen molar-refractivity contribution in [3.05, 3.63) is 29.8 Å². The smallest absolute Gasteiger partial charge is 0.259 e. The van der Waals surface area contributed by atoms with Gasteiger partial charge in [0.05, 0.1) is 6.54 Å². The van der Waals surface area contributed by atoms with E-state index in [1.807, 2.05) is 36.0 Å². The Morgan fingerprint density at radius 3 is 2.85 bits per heavy atom. The maximum Gasteiger partial charge on any atom is 0.259 e. The van der Waals surface area contributed by atoms with Crippen LogP contribution in [0.1, 0.15) is 31.7 Å².